The van der Waals surface area contributed by atoms with Gasteiger partial charge in [-0.1, -0.05) is 0 Å². The molecule has 0 amide bonds. The van der Waals surface area contributed by atoms with Gasteiger partial charge in [-0.05, 0) is 89.6 Å². The van der Waals surface area contributed by atoms with E-state index in [4.69, 9.17) is 15.9 Å². The van der Waals surface area contributed by atoms with Crippen LogP contribution in [0.4, 0.5) is 5.69 Å². The van der Waals surface area contributed by atoms with E-state index >= 15 is 0 Å². The number of nitrogens with two attached hydrogens (primary N) is 1. The SMILES string of the molecule is CC(C)OC(=O)C1CCC(N(C)CC2CCN(c3ccc(C(=N)N)cc3)CC2)CC1.Cl.Cl.Cl. The molecule has 0 bridgehead atoms. The number of anilines is 1. The highest BCUT2D eigenvalue weighted by Gasteiger charge is 2.31. The minimum atomic E-state index is -0.0177. The maximum atomic E-state index is 12.1. The predicted octanol–water partition coefficient (Wildman–Crippen LogP) is 4.89. The molecule has 0 radical (unpaired) electrons. The molecule has 3 rings (SSSR count). The van der Waals surface area contributed by atoms with Gasteiger partial charge in [-0.15, -0.1) is 37.2 Å². The number of amidine groups is 1. The number of hydrogen-bond donors (Lipinski definition) is 2. The molecule has 3 N–H and O–H groups in total. The molecule has 0 atom stereocenters. The number of benzene rings is 1. The minimum absolute atomic E-state index is 0. The van der Waals surface area contributed by atoms with Crippen LogP contribution in [-0.2, 0) is 9.53 Å². The van der Waals surface area contributed by atoms with E-state index in [1.165, 1.54) is 18.5 Å². The number of ether oxygens (including phenoxy) is 1. The third-order valence-electron chi connectivity index (χ3n) is 6.71. The van der Waals surface area contributed by atoms with E-state index in [2.05, 4.69) is 29.0 Å². The van der Waals surface area contributed by atoms with Crippen LogP contribution >= 0.6 is 37.2 Å². The van der Waals surface area contributed by atoms with Gasteiger partial charge in [0.25, 0.3) is 0 Å². The summed E-state index contributed by atoms with van der Waals surface area (Å²) in [6, 6.07) is 8.61. The Bertz CT molecular complexity index is 717. The predicted molar refractivity (Wildman–Crippen MR) is 144 cm³/mol. The Balaban J connectivity index is 0.00000341. The number of carbonyl (C=O) groups is 1. The van der Waals surface area contributed by atoms with Crippen LogP contribution in [0.2, 0.25) is 0 Å². The van der Waals surface area contributed by atoms with Crippen LogP contribution in [0.25, 0.3) is 0 Å². The van der Waals surface area contributed by atoms with Crippen LogP contribution < -0.4 is 10.6 Å². The number of nitrogens with one attached hydrogen (secondary N) is 1. The first-order valence-electron chi connectivity index (χ1n) is 11.4. The van der Waals surface area contributed by atoms with Gasteiger partial charge in [0, 0.05) is 36.9 Å². The average molecular weight is 524 g/mol. The van der Waals surface area contributed by atoms with Gasteiger partial charge in [-0.2, -0.15) is 0 Å². The number of nitrogens with zero attached hydrogens (tertiary/aromatic N) is 2. The number of esters is 1. The Morgan fingerprint density at radius 1 is 1.06 bits per heavy atom. The van der Waals surface area contributed by atoms with Crippen LogP contribution in [0, 0.1) is 17.2 Å². The minimum Gasteiger partial charge on any atom is -0.463 e. The van der Waals surface area contributed by atoms with Crippen LogP contribution in [-0.4, -0.2) is 55.5 Å². The summed E-state index contributed by atoms with van der Waals surface area (Å²) >= 11 is 0. The lowest BCUT2D eigenvalue weighted by Gasteiger charge is -2.39. The summed E-state index contributed by atoms with van der Waals surface area (Å²) in [7, 11) is 2.25. The zero-order valence-electron chi connectivity index (χ0n) is 20.0. The lowest BCUT2D eigenvalue weighted by Crippen LogP contribution is -2.42. The van der Waals surface area contributed by atoms with E-state index in [1.54, 1.807) is 0 Å². The van der Waals surface area contributed by atoms with E-state index in [-0.39, 0.29) is 61.0 Å². The Morgan fingerprint density at radius 2 is 1.61 bits per heavy atom. The molecular formula is C24H41Cl3N4O2. The van der Waals surface area contributed by atoms with Crippen LogP contribution in [0.5, 0.6) is 0 Å². The topological polar surface area (TPSA) is 82.7 Å². The van der Waals surface area contributed by atoms with E-state index in [9.17, 15) is 4.79 Å². The van der Waals surface area contributed by atoms with E-state index in [0.717, 1.165) is 56.8 Å². The van der Waals surface area contributed by atoms with Crippen molar-refractivity contribution in [3.05, 3.63) is 29.8 Å². The lowest BCUT2D eigenvalue weighted by molar-refractivity contribution is -0.153. The van der Waals surface area contributed by atoms with Gasteiger partial charge >= 0.3 is 5.97 Å². The van der Waals surface area contributed by atoms with Crippen LogP contribution in [0.15, 0.2) is 24.3 Å². The average Bonchev–Trinajstić information content (AvgIpc) is 2.74. The second-order valence-corrected chi connectivity index (χ2v) is 9.32. The van der Waals surface area contributed by atoms with Crippen molar-refractivity contribution < 1.29 is 9.53 Å². The molecule has 1 aliphatic heterocycles. The molecule has 0 aromatic heterocycles. The van der Waals surface area contributed by atoms with E-state index in [0.29, 0.717) is 6.04 Å². The molecule has 1 saturated carbocycles. The molecule has 6 nitrogen and oxygen atoms in total. The first-order valence-corrected chi connectivity index (χ1v) is 11.4. The third kappa shape index (κ3) is 9.16. The molecular weight excluding hydrogens is 483 g/mol. The van der Waals surface area contributed by atoms with Crippen molar-refractivity contribution in [2.24, 2.45) is 17.6 Å². The molecule has 1 aromatic carbocycles. The Morgan fingerprint density at radius 3 is 2.09 bits per heavy atom. The maximum absolute atomic E-state index is 12.1. The van der Waals surface area contributed by atoms with Gasteiger partial charge in [0.1, 0.15) is 5.84 Å². The van der Waals surface area contributed by atoms with Crippen molar-refractivity contribution in [1.29, 1.82) is 5.41 Å². The second-order valence-electron chi connectivity index (χ2n) is 9.32. The van der Waals surface area contributed by atoms with Gasteiger partial charge in [0.15, 0.2) is 0 Å². The molecule has 2 aliphatic rings. The Kier molecular flexibility index (Phi) is 14.4. The van der Waals surface area contributed by atoms with Gasteiger partial charge in [-0.3, -0.25) is 10.2 Å². The fourth-order valence-electron chi connectivity index (χ4n) is 4.86. The third-order valence-corrected chi connectivity index (χ3v) is 6.71. The van der Waals surface area contributed by atoms with Gasteiger partial charge < -0.3 is 20.3 Å². The summed E-state index contributed by atoms with van der Waals surface area (Å²) in [6.45, 7) is 7.13. The summed E-state index contributed by atoms with van der Waals surface area (Å²) in [5, 5.41) is 7.52. The number of piperidine rings is 1. The molecule has 1 heterocycles. The zero-order valence-corrected chi connectivity index (χ0v) is 22.4. The van der Waals surface area contributed by atoms with Gasteiger partial charge in [0.05, 0.1) is 12.0 Å². The highest BCUT2D eigenvalue weighted by molar-refractivity contribution is 5.95. The summed E-state index contributed by atoms with van der Waals surface area (Å²) < 4.78 is 5.40. The van der Waals surface area contributed by atoms with Crippen LogP contribution in [0.3, 0.4) is 0 Å². The summed E-state index contributed by atoms with van der Waals surface area (Å²) in [5.41, 5.74) is 7.55. The molecule has 1 aliphatic carbocycles. The molecule has 2 fully saturated rings. The monoisotopic (exact) mass is 522 g/mol. The summed E-state index contributed by atoms with van der Waals surface area (Å²) in [6.07, 6.45) is 6.48. The molecule has 0 unspecified atom stereocenters. The van der Waals surface area contributed by atoms with Crippen LogP contribution in [0.1, 0.15) is 57.9 Å². The largest absolute Gasteiger partial charge is 0.463 e. The normalized spacial score (nSPS) is 20.9. The van der Waals surface area contributed by atoms with Crippen molar-refractivity contribution in [3.8, 4) is 0 Å². The fourth-order valence-corrected chi connectivity index (χ4v) is 4.86. The number of hydrogen-bond acceptors (Lipinski definition) is 5. The van der Waals surface area contributed by atoms with Crippen molar-refractivity contribution in [3.63, 3.8) is 0 Å². The van der Waals surface area contributed by atoms with Crippen molar-refractivity contribution in [1.82, 2.24) is 4.90 Å². The fraction of sp³-hybridized carbons (Fsp3) is 0.667. The molecule has 1 aromatic rings. The highest BCUT2D eigenvalue weighted by atomic mass is 35.5. The molecule has 190 valence electrons. The number of carbonyl (C=O) groups excluding carboxylic acids is 1. The first-order chi connectivity index (χ1) is 14.3. The smallest absolute Gasteiger partial charge is 0.309 e. The Labute approximate surface area is 217 Å². The van der Waals surface area contributed by atoms with Crippen molar-refractivity contribution in [2.45, 2.75) is 64.5 Å². The van der Waals surface area contributed by atoms with E-state index in [1.807, 2.05) is 26.0 Å². The Hall–Kier alpha value is -1.21. The number of halogens is 3. The van der Waals surface area contributed by atoms with Crippen molar-refractivity contribution in [2.75, 3.05) is 31.6 Å². The second kappa shape index (κ2) is 14.9. The quantitative estimate of drug-likeness (QED) is 0.302. The maximum Gasteiger partial charge on any atom is 0.309 e. The lowest BCUT2D eigenvalue weighted by atomic mass is 9.85. The first kappa shape index (κ1) is 31.8. The summed E-state index contributed by atoms with van der Waals surface area (Å²) in [5.74, 6) is 0.935. The van der Waals surface area contributed by atoms with Gasteiger partial charge in [0.2, 0.25) is 0 Å². The zero-order chi connectivity index (χ0) is 21.7. The molecule has 1 saturated heterocycles. The highest BCUT2D eigenvalue weighted by Crippen LogP contribution is 2.30. The van der Waals surface area contributed by atoms with E-state index < -0.39 is 0 Å². The standard InChI is InChI=1S/C24H38N4O2.3ClH/c1-17(2)30-24(29)20-6-8-21(9-7-20)27(3)16-18-12-14-28(15-13-18)22-10-4-19(5-11-22)23(25)26;;;/h4-5,10-11,17-18,20-21H,6-9,12-16H2,1-3H3,(H3,25,26);3*1H. The van der Waals surface area contributed by atoms with Crippen molar-refractivity contribution >= 4 is 54.7 Å². The molecule has 0 spiro atoms. The number of rotatable bonds is 7. The van der Waals surface area contributed by atoms with Gasteiger partial charge in [-0.25, -0.2) is 0 Å². The molecule has 33 heavy (non-hydrogen) atoms. The summed E-state index contributed by atoms with van der Waals surface area (Å²) in [4.78, 5) is 17.1. The number of nitrogen functional groups attached to an aromatic ring is 1. The molecule has 9 heteroatoms.